The molecule has 0 radical (unpaired) electrons. The smallest absolute Gasteiger partial charge is 0.335 e. The zero-order chi connectivity index (χ0) is 15.5. The number of aromatic carboxylic acids is 1. The van der Waals surface area contributed by atoms with Crippen molar-refractivity contribution in [1.82, 2.24) is 4.90 Å². The molecule has 0 amide bonds. The van der Waals surface area contributed by atoms with Crippen LogP contribution in [0.2, 0.25) is 0 Å². The molecule has 1 atom stereocenters. The molecule has 1 N–H and O–H groups in total. The third-order valence-electron chi connectivity index (χ3n) is 3.68. The van der Waals surface area contributed by atoms with E-state index in [1.807, 2.05) is 4.90 Å². The molecule has 2 rings (SSSR count). The Kier molecular flexibility index (Phi) is 4.97. The van der Waals surface area contributed by atoms with E-state index in [0.717, 1.165) is 19.5 Å². The fourth-order valence-electron chi connectivity index (χ4n) is 2.38. The average molecular weight is 313 g/mol. The number of carboxylic acids is 1. The van der Waals surface area contributed by atoms with Gasteiger partial charge < -0.3 is 9.84 Å². The minimum Gasteiger partial charge on any atom is -0.478 e. The van der Waals surface area contributed by atoms with Crippen molar-refractivity contribution in [3.05, 3.63) is 29.8 Å². The Labute approximate surface area is 124 Å². The molecule has 0 aliphatic carbocycles. The number of hydrogen-bond acceptors (Lipinski definition) is 5. The predicted molar refractivity (Wildman–Crippen MR) is 77.3 cm³/mol. The van der Waals surface area contributed by atoms with Crippen LogP contribution in [0, 0.1) is 0 Å². The number of sulfone groups is 1. The molecule has 1 aromatic rings. The lowest BCUT2D eigenvalue weighted by molar-refractivity contribution is 0.0696. The first-order valence-corrected chi connectivity index (χ1v) is 8.39. The van der Waals surface area contributed by atoms with Crippen LogP contribution in [0.15, 0.2) is 29.2 Å². The minimum absolute atomic E-state index is 0.0169. The number of nitrogens with zero attached hydrogens (tertiary/aromatic N) is 1. The van der Waals surface area contributed by atoms with Crippen molar-refractivity contribution >= 4 is 15.8 Å². The van der Waals surface area contributed by atoms with Crippen LogP contribution in [0.1, 0.15) is 16.8 Å². The molecule has 116 valence electrons. The summed E-state index contributed by atoms with van der Waals surface area (Å²) in [6.45, 7) is 1.99. The Bertz CT molecular complexity index is 614. The summed E-state index contributed by atoms with van der Waals surface area (Å²) in [6.07, 6.45) is 1.08. The van der Waals surface area contributed by atoms with E-state index in [2.05, 4.69) is 0 Å². The summed E-state index contributed by atoms with van der Waals surface area (Å²) in [5, 5.41) is 8.92. The molecule has 21 heavy (non-hydrogen) atoms. The highest BCUT2D eigenvalue weighted by atomic mass is 32.2. The lowest BCUT2D eigenvalue weighted by atomic mass is 10.2. The molecule has 0 spiro atoms. The van der Waals surface area contributed by atoms with Gasteiger partial charge in [0.1, 0.15) is 0 Å². The number of carboxylic acid groups (broad SMARTS) is 1. The Morgan fingerprint density at radius 2 is 2.24 bits per heavy atom. The first kappa shape index (κ1) is 15.9. The molecule has 0 bridgehead atoms. The normalized spacial score (nSPS) is 19.8. The van der Waals surface area contributed by atoms with Crippen molar-refractivity contribution in [3.63, 3.8) is 0 Å². The molecule has 1 aliphatic rings. The Balaban J connectivity index is 2.02. The SMILES string of the molecule is COC1CCN(CCS(=O)(=O)c2cccc(C(=O)O)c2)C1. The van der Waals surface area contributed by atoms with Crippen LogP contribution in [0.25, 0.3) is 0 Å². The summed E-state index contributed by atoms with van der Waals surface area (Å²) < 4.78 is 29.8. The van der Waals surface area contributed by atoms with Gasteiger partial charge >= 0.3 is 5.97 Å². The van der Waals surface area contributed by atoms with Crippen molar-refractivity contribution in [2.75, 3.05) is 32.5 Å². The van der Waals surface area contributed by atoms with E-state index in [1.165, 1.54) is 24.3 Å². The van der Waals surface area contributed by atoms with E-state index in [0.29, 0.717) is 6.54 Å². The predicted octanol–water partition coefficient (Wildman–Crippen LogP) is 0.879. The summed E-state index contributed by atoms with van der Waals surface area (Å²) in [6, 6.07) is 5.47. The minimum atomic E-state index is -3.47. The van der Waals surface area contributed by atoms with Gasteiger partial charge in [-0.25, -0.2) is 13.2 Å². The summed E-state index contributed by atoms with van der Waals surface area (Å²) in [4.78, 5) is 13.0. The second kappa shape index (κ2) is 6.55. The number of likely N-dealkylation sites (tertiary alicyclic amines) is 1. The third-order valence-corrected chi connectivity index (χ3v) is 5.37. The van der Waals surface area contributed by atoms with E-state index in [9.17, 15) is 13.2 Å². The van der Waals surface area contributed by atoms with Crippen molar-refractivity contribution in [2.24, 2.45) is 0 Å². The molecule has 1 saturated heterocycles. The first-order valence-electron chi connectivity index (χ1n) is 6.73. The van der Waals surface area contributed by atoms with E-state index in [1.54, 1.807) is 7.11 Å². The van der Waals surface area contributed by atoms with Gasteiger partial charge in [0.2, 0.25) is 0 Å². The maximum absolute atomic E-state index is 12.3. The van der Waals surface area contributed by atoms with Gasteiger partial charge in [0.15, 0.2) is 9.84 Å². The van der Waals surface area contributed by atoms with Crippen molar-refractivity contribution in [3.8, 4) is 0 Å². The topological polar surface area (TPSA) is 83.9 Å². The number of ether oxygens (including phenoxy) is 1. The number of rotatable bonds is 6. The maximum Gasteiger partial charge on any atom is 0.335 e. The van der Waals surface area contributed by atoms with Crippen molar-refractivity contribution in [2.45, 2.75) is 17.4 Å². The summed E-state index contributed by atoms with van der Waals surface area (Å²) >= 11 is 0. The van der Waals surface area contributed by atoms with Gasteiger partial charge in [-0.05, 0) is 24.6 Å². The highest BCUT2D eigenvalue weighted by molar-refractivity contribution is 7.91. The molecule has 1 fully saturated rings. The second-order valence-corrected chi connectivity index (χ2v) is 7.21. The Hall–Kier alpha value is -1.44. The summed E-state index contributed by atoms with van der Waals surface area (Å²) in [5.41, 5.74) is -0.0169. The molecule has 1 aromatic carbocycles. The van der Waals surface area contributed by atoms with Crippen LogP contribution in [-0.4, -0.2) is 63.0 Å². The number of hydrogen-bond donors (Lipinski definition) is 1. The highest BCUT2D eigenvalue weighted by Gasteiger charge is 2.24. The molecule has 6 nitrogen and oxygen atoms in total. The summed E-state index contributed by atoms with van der Waals surface area (Å²) in [5.74, 6) is -1.15. The van der Waals surface area contributed by atoms with E-state index in [-0.39, 0.29) is 22.3 Å². The quantitative estimate of drug-likeness (QED) is 0.839. The Morgan fingerprint density at radius 3 is 2.86 bits per heavy atom. The summed E-state index contributed by atoms with van der Waals surface area (Å²) in [7, 11) is -1.82. The molecule has 1 unspecified atom stereocenters. The van der Waals surface area contributed by atoms with Gasteiger partial charge in [0.25, 0.3) is 0 Å². The molecule has 0 saturated carbocycles. The van der Waals surface area contributed by atoms with Gasteiger partial charge in [-0.2, -0.15) is 0 Å². The van der Waals surface area contributed by atoms with Gasteiger partial charge in [0.05, 0.1) is 22.3 Å². The van der Waals surface area contributed by atoms with Crippen LogP contribution in [0.4, 0.5) is 0 Å². The van der Waals surface area contributed by atoms with Gasteiger partial charge in [-0.15, -0.1) is 0 Å². The van der Waals surface area contributed by atoms with Crippen LogP contribution in [0.3, 0.4) is 0 Å². The number of benzene rings is 1. The largest absolute Gasteiger partial charge is 0.478 e. The van der Waals surface area contributed by atoms with Gasteiger partial charge in [0, 0.05) is 26.7 Å². The molecule has 1 heterocycles. The lowest BCUT2D eigenvalue weighted by Crippen LogP contribution is -2.28. The molecular weight excluding hydrogens is 294 g/mol. The van der Waals surface area contributed by atoms with E-state index < -0.39 is 15.8 Å². The van der Waals surface area contributed by atoms with E-state index in [4.69, 9.17) is 9.84 Å². The van der Waals surface area contributed by atoms with E-state index >= 15 is 0 Å². The lowest BCUT2D eigenvalue weighted by Gasteiger charge is -2.15. The fraction of sp³-hybridized carbons (Fsp3) is 0.500. The third kappa shape index (κ3) is 4.03. The van der Waals surface area contributed by atoms with Crippen LogP contribution in [0.5, 0.6) is 0 Å². The van der Waals surface area contributed by atoms with Gasteiger partial charge in [-0.1, -0.05) is 6.07 Å². The number of methoxy groups -OCH3 is 1. The fourth-order valence-corrected chi connectivity index (χ4v) is 3.71. The highest BCUT2D eigenvalue weighted by Crippen LogP contribution is 2.16. The van der Waals surface area contributed by atoms with Crippen LogP contribution >= 0.6 is 0 Å². The van der Waals surface area contributed by atoms with Crippen LogP contribution < -0.4 is 0 Å². The first-order chi connectivity index (χ1) is 9.92. The molecule has 7 heteroatoms. The second-order valence-electron chi connectivity index (χ2n) is 5.10. The van der Waals surface area contributed by atoms with Crippen molar-refractivity contribution < 1.29 is 23.1 Å². The Morgan fingerprint density at radius 1 is 1.48 bits per heavy atom. The molecule has 0 aromatic heterocycles. The zero-order valence-corrected chi connectivity index (χ0v) is 12.7. The molecule has 1 aliphatic heterocycles. The van der Waals surface area contributed by atoms with Crippen molar-refractivity contribution in [1.29, 1.82) is 0 Å². The number of carbonyl (C=O) groups is 1. The molecular formula is C14H19NO5S. The van der Waals surface area contributed by atoms with Crippen LogP contribution in [-0.2, 0) is 14.6 Å². The average Bonchev–Trinajstić information content (AvgIpc) is 2.93. The van der Waals surface area contributed by atoms with Gasteiger partial charge in [-0.3, -0.25) is 4.90 Å². The maximum atomic E-state index is 12.3. The monoisotopic (exact) mass is 313 g/mol. The standard InChI is InChI=1S/C14H19NO5S/c1-20-12-5-6-15(10-12)7-8-21(18,19)13-4-2-3-11(9-13)14(16)17/h2-4,9,12H,5-8,10H2,1H3,(H,16,17). The zero-order valence-electron chi connectivity index (χ0n) is 11.9.